The molecule has 0 bridgehead atoms. The van der Waals surface area contributed by atoms with Gasteiger partial charge in [0.15, 0.2) is 0 Å². The Hall–Kier alpha value is -1.26. The number of unbranched alkanes of at least 4 members (excludes halogenated alkanes) is 1. The molecule has 0 aliphatic heterocycles. The van der Waals surface area contributed by atoms with E-state index in [-0.39, 0.29) is 24.0 Å². The lowest BCUT2D eigenvalue weighted by atomic mass is 9.97. The van der Waals surface area contributed by atoms with Crippen LogP contribution in [0.25, 0.3) is 0 Å². The number of aliphatic hydroxyl groups excluding tert-OH is 4. The van der Waals surface area contributed by atoms with E-state index < -0.39 is 24.4 Å². The number of rotatable bonds is 11. The fourth-order valence-corrected chi connectivity index (χ4v) is 2.15. The van der Waals surface area contributed by atoms with Crippen LogP contribution in [-0.2, 0) is 9.59 Å². The highest BCUT2D eigenvalue weighted by Gasteiger charge is 2.16. The number of aliphatic hydroxyl groups is 4. The molecule has 0 heterocycles. The first-order valence-electron chi connectivity index (χ1n) is 7.51. The summed E-state index contributed by atoms with van der Waals surface area (Å²) in [4.78, 5) is 21.4. The first-order chi connectivity index (χ1) is 10.3. The lowest BCUT2D eigenvalue weighted by molar-refractivity contribution is 0.150. The van der Waals surface area contributed by atoms with E-state index in [1.54, 1.807) is 11.9 Å². The maximum Gasteiger partial charge on any atom is 0.126 e. The zero-order valence-electron chi connectivity index (χ0n) is 13.2. The summed E-state index contributed by atoms with van der Waals surface area (Å²) in [6.45, 7) is 3.05. The Kier molecular flexibility index (Phi) is 10.7. The van der Waals surface area contributed by atoms with Gasteiger partial charge >= 0.3 is 0 Å². The van der Waals surface area contributed by atoms with Gasteiger partial charge in [-0.05, 0) is 26.7 Å². The third kappa shape index (κ3) is 8.90. The van der Waals surface area contributed by atoms with Crippen molar-refractivity contribution < 1.29 is 30.0 Å². The van der Waals surface area contributed by atoms with E-state index in [9.17, 15) is 30.0 Å². The van der Waals surface area contributed by atoms with Crippen LogP contribution in [0, 0.1) is 0 Å². The lowest BCUT2D eigenvalue weighted by Crippen LogP contribution is -2.17. The molecule has 22 heavy (non-hydrogen) atoms. The van der Waals surface area contributed by atoms with Crippen LogP contribution in [0.5, 0.6) is 0 Å². The zero-order chi connectivity index (χ0) is 17.1. The van der Waals surface area contributed by atoms with Crippen LogP contribution < -0.4 is 0 Å². The van der Waals surface area contributed by atoms with Crippen LogP contribution >= 0.6 is 0 Å². The molecule has 0 aromatic rings. The minimum Gasteiger partial charge on any atom is -0.393 e. The van der Waals surface area contributed by atoms with Gasteiger partial charge in [0.2, 0.25) is 0 Å². The minimum atomic E-state index is -0.956. The van der Waals surface area contributed by atoms with E-state index in [0.29, 0.717) is 25.7 Å². The summed E-state index contributed by atoms with van der Waals surface area (Å²) >= 11 is 0. The highest BCUT2D eigenvalue weighted by atomic mass is 16.3. The van der Waals surface area contributed by atoms with Gasteiger partial charge in [0, 0.05) is 24.0 Å². The molecule has 0 spiro atoms. The second kappa shape index (κ2) is 11.3. The van der Waals surface area contributed by atoms with Crippen LogP contribution in [0.3, 0.4) is 0 Å². The van der Waals surface area contributed by atoms with Gasteiger partial charge in [-0.3, -0.25) is 0 Å². The maximum atomic E-state index is 10.7. The Morgan fingerprint density at radius 3 is 1.32 bits per heavy atom. The van der Waals surface area contributed by atoms with Crippen LogP contribution in [0.4, 0.5) is 0 Å². The van der Waals surface area contributed by atoms with Crippen LogP contribution in [-0.4, -0.2) is 56.7 Å². The second-order valence-electron chi connectivity index (χ2n) is 5.68. The third-order valence-electron chi connectivity index (χ3n) is 3.30. The molecule has 0 aromatic heterocycles. The molecule has 4 atom stereocenters. The lowest BCUT2D eigenvalue weighted by Gasteiger charge is -2.15. The fraction of sp³-hybridized carbons (Fsp3) is 0.750. The second-order valence-corrected chi connectivity index (χ2v) is 5.68. The van der Waals surface area contributed by atoms with Crippen molar-refractivity contribution in [2.75, 3.05) is 0 Å². The van der Waals surface area contributed by atoms with E-state index in [2.05, 4.69) is 0 Å². The smallest absolute Gasteiger partial charge is 0.126 e. The monoisotopic (exact) mass is 314 g/mol. The SMILES string of the molecule is C[C@@H](O)CC(=C=O)C(O)CCCCC(O)C(=C=O)C[C@@H](C)O. The van der Waals surface area contributed by atoms with Crippen molar-refractivity contribution in [2.24, 2.45) is 0 Å². The molecule has 6 heteroatoms. The summed E-state index contributed by atoms with van der Waals surface area (Å²) in [7, 11) is 0. The molecule has 0 rings (SSSR count). The molecule has 0 radical (unpaired) electrons. The summed E-state index contributed by atoms with van der Waals surface area (Å²) in [5.41, 5.74) is 0.274. The molecule has 0 amide bonds. The average Bonchev–Trinajstić information content (AvgIpc) is 2.45. The van der Waals surface area contributed by atoms with Crippen molar-refractivity contribution in [2.45, 2.75) is 76.8 Å². The first-order valence-corrected chi connectivity index (χ1v) is 7.51. The molecular formula is C16H26O6. The molecular weight excluding hydrogens is 288 g/mol. The summed E-state index contributed by atoms with van der Waals surface area (Å²) < 4.78 is 0. The summed E-state index contributed by atoms with van der Waals surface area (Å²) in [6.07, 6.45) is -1.44. The van der Waals surface area contributed by atoms with Gasteiger partial charge in [-0.2, -0.15) is 0 Å². The van der Waals surface area contributed by atoms with Gasteiger partial charge in [0.1, 0.15) is 11.9 Å². The topological polar surface area (TPSA) is 115 Å². The van der Waals surface area contributed by atoms with Crippen molar-refractivity contribution in [3.8, 4) is 0 Å². The highest BCUT2D eigenvalue weighted by Crippen LogP contribution is 2.17. The summed E-state index contributed by atoms with van der Waals surface area (Å²) in [5.74, 6) is 3.31. The largest absolute Gasteiger partial charge is 0.393 e. The normalized spacial score (nSPS) is 16.1. The van der Waals surface area contributed by atoms with Gasteiger partial charge in [0.25, 0.3) is 0 Å². The van der Waals surface area contributed by atoms with E-state index in [1.165, 1.54) is 13.8 Å². The van der Waals surface area contributed by atoms with Crippen molar-refractivity contribution in [3.63, 3.8) is 0 Å². The predicted molar refractivity (Wildman–Crippen MR) is 81.5 cm³/mol. The molecule has 126 valence electrons. The Balaban J connectivity index is 4.16. The van der Waals surface area contributed by atoms with Gasteiger partial charge in [0.05, 0.1) is 24.4 Å². The highest BCUT2D eigenvalue weighted by molar-refractivity contribution is 5.54. The van der Waals surface area contributed by atoms with Crippen LogP contribution in [0.15, 0.2) is 11.1 Å². The van der Waals surface area contributed by atoms with E-state index in [4.69, 9.17) is 0 Å². The van der Waals surface area contributed by atoms with Crippen molar-refractivity contribution in [3.05, 3.63) is 11.1 Å². The summed E-state index contributed by atoms with van der Waals surface area (Å²) in [6, 6.07) is 0. The van der Waals surface area contributed by atoms with Gasteiger partial charge in [-0.15, -0.1) is 0 Å². The molecule has 0 fully saturated rings. The average molecular weight is 314 g/mol. The molecule has 2 unspecified atom stereocenters. The zero-order valence-corrected chi connectivity index (χ0v) is 13.2. The Morgan fingerprint density at radius 1 is 0.773 bits per heavy atom. The predicted octanol–water partition coefficient (Wildman–Crippen LogP) is 0.326. The molecule has 4 N–H and O–H groups in total. The van der Waals surface area contributed by atoms with Gasteiger partial charge < -0.3 is 20.4 Å². The standard InChI is InChI=1S/C16H26O6/c1-11(19)7-13(9-17)15(21)5-3-4-6-16(22)14(10-18)8-12(2)20/h11-12,15-16,19-22H,3-8H2,1-2H3/t11-,12-,15?,16?/m1/s1. The quantitative estimate of drug-likeness (QED) is 0.323. The molecule has 0 saturated carbocycles. The van der Waals surface area contributed by atoms with E-state index in [0.717, 1.165) is 0 Å². The van der Waals surface area contributed by atoms with Gasteiger partial charge in [-0.1, -0.05) is 12.8 Å². The van der Waals surface area contributed by atoms with Crippen molar-refractivity contribution in [1.82, 2.24) is 0 Å². The number of carbonyl (C=O) groups excluding carboxylic acids is 2. The van der Waals surface area contributed by atoms with E-state index >= 15 is 0 Å². The molecule has 6 nitrogen and oxygen atoms in total. The summed E-state index contributed by atoms with van der Waals surface area (Å²) in [5, 5.41) is 38.1. The van der Waals surface area contributed by atoms with Crippen LogP contribution in [0.1, 0.15) is 52.4 Å². The molecule has 0 aromatic carbocycles. The first kappa shape index (κ1) is 20.7. The van der Waals surface area contributed by atoms with Crippen LogP contribution in [0.2, 0.25) is 0 Å². The van der Waals surface area contributed by atoms with Crippen molar-refractivity contribution >= 4 is 11.9 Å². The minimum absolute atomic E-state index is 0.0830. The van der Waals surface area contributed by atoms with Crippen molar-refractivity contribution in [1.29, 1.82) is 0 Å². The molecule has 0 aliphatic rings. The Morgan fingerprint density at radius 2 is 1.09 bits per heavy atom. The Labute approximate surface area is 130 Å². The van der Waals surface area contributed by atoms with Gasteiger partial charge in [-0.25, -0.2) is 9.59 Å². The molecule has 0 aliphatic carbocycles. The third-order valence-corrected chi connectivity index (χ3v) is 3.30. The Bertz CT molecular complexity index is 376. The fourth-order valence-electron chi connectivity index (χ4n) is 2.15. The molecule has 0 saturated heterocycles. The maximum absolute atomic E-state index is 10.7. The number of hydrogen-bond acceptors (Lipinski definition) is 6. The van der Waals surface area contributed by atoms with E-state index in [1.807, 2.05) is 0 Å². The number of hydrogen-bond donors (Lipinski definition) is 4.